The van der Waals surface area contributed by atoms with Crippen LogP contribution in [0.5, 0.6) is 5.88 Å². The molecule has 2 fully saturated rings. The van der Waals surface area contributed by atoms with Gasteiger partial charge < -0.3 is 15.0 Å². The fraction of sp³-hybridized carbons (Fsp3) is 0.375. The van der Waals surface area contributed by atoms with Crippen LogP contribution in [0.25, 0.3) is 0 Å². The molecule has 4 heterocycles. The lowest BCUT2D eigenvalue weighted by Gasteiger charge is -2.33. The van der Waals surface area contributed by atoms with Gasteiger partial charge in [0.25, 0.3) is 5.91 Å². The van der Waals surface area contributed by atoms with Crippen LogP contribution in [0, 0.1) is 12.8 Å². The number of aromatic nitrogens is 2. The number of alkyl halides is 3. The predicted octanol–water partition coefficient (Wildman–Crippen LogP) is 4.20. The van der Waals surface area contributed by atoms with Crippen LogP contribution in [0.2, 0.25) is 0 Å². The van der Waals surface area contributed by atoms with E-state index in [1.165, 1.54) is 6.07 Å². The zero-order valence-corrected chi connectivity index (χ0v) is 17.9. The number of carbonyl (C=O) groups is 1. The maximum Gasteiger partial charge on any atom is 0.417 e. The molecule has 2 aromatic rings. The van der Waals surface area contributed by atoms with Gasteiger partial charge in [0.15, 0.2) is 0 Å². The molecule has 2 aromatic heterocycles. The molecule has 1 saturated carbocycles. The number of ether oxygens (including phenoxy) is 1. The van der Waals surface area contributed by atoms with E-state index < -0.39 is 11.7 Å². The van der Waals surface area contributed by atoms with Crippen LogP contribution < -0.4 is 10.1 Å². The number of nitrogens with zero attached hydrogens (tertiary/aromatic N) is 3. The number of rotatable bonds is 4. The Morgan fingerprint density at radius 3 is 2.70 bits per heavy atom. The number of fused-ring (bicyclic) bond motifs is 2. The quantitative estimate of drug-likeness (QED) is 0.747. The normalized spacial score (nSPS) is 25.9. The third-order valence-corrected chi connectivity index (χ3v) is 6.41. The first-order valence-corrected chi connectivity index (χ1v) is 10.9. The summed E-state index contributed by atoms with van der Waals surface area (Å²) in [6.07, 6.45) is 5.15. The average molecular weight is 456 g/mol. The third kappa shape index (κ3) is 4.19. The molecule has 1 N–H and O–H groups in total. The molecule has 0 aromatic carbocycles. The maximum absolute atomic E-state index is 13.6. The van der Waals surface area contributed by atoms with E-state index in [4.69, 9.17) is 4.74 Å². The largest absolute Gasteiger partial charge is 0.472 e. The van der Waals surface area contributed by atoms with Gasteiger partial charge in [-0.2, -0.15) is 13.2 Å². The van der Waals surface area contributed by atoms with Gasteiger partial charge in [0.05, 0.1) is 17.6 Å². The minimum absolute atomic E-state index is 0.130. The van der Waals surface area contributed by atoms with Crippen molar-refractivity contribution >= 4 is 5.91 Å². The number of likely N-dealkylation sites (tertiary alicyclic amines) is 1. The zero-order chi connectivity index (χ0) is 23.2. The number of allylic oxidation sites excluding steroid dienone is 2. The first kappa shape index (κ1) is 21.5. The van der Waals surface area contributed by atoms with Gasteiger partial charge >= 0.3 is 6.18 Å². The van der Waals surface area contributed by atoms with E-state index in [-0.39, 0.29) is 35.9 Å². The van der Waals surface area contributed by atoms with Crippen molar-refractivity contribution in [2.24, 2.45) is 5.92 Å². The Kier molecular flexibility index (Phi) is 5.34. The first-order valence-electron chi connectivity index (χ1n) is 10.9. The summed E-state index contributed by atoms with van der Waals surface area (Å²) in [5.74, 6) is 0.257. The molecule has 4 unspecified atom stereocenters. The number of dihydropyridines is 1. The second-order valence-electron chi connectivity index (χ2n) is 8.68. The highest BCUT2D eigenvalue weighted by Crippen LogP contribution is 2.41. The van der Waals surface area contributed by atoms with Crippen molar-refractivity contribution in [3.05, 3.63) is 77.4 Å². The zero-order valence-electron chi connectivity index (χ0n) is 17.9. The van der Waals surface area contributed by atoms with Crippen LogP contribution >= 0.6 is 0 Å². The second-order valence-corrected chi connectivity index (χ2v) is 8.68. The first-order chi connectivity index (χ1) is 15.8. The molecule has 3 aliphatic rings. The highest BCUT2D eigenvalue weighted by atomic mass is 19.4. The van der Waals surface area contributed by atoms with Crippen LogP contribution in [0.3, 0.4) is 0 Å². The van der Waals surface area contributed by atoms with Crippen molar-refractivity contribution in [3.63, 3.8) is 0 Å². The predicted molar refractivity (Wildman–Crippen MR) is 114 cm³/mol. The fourth-order valence-corrected chi connectivity index (χ4v) is 4.86. The summed E-state index contributed by atoms with van der Waals surface area (Å²) in [5.41, 5.74) is 1.14. The standard InChI is InChI=1S/C24H23F3N4O2/c1-14-5-7-17(18-4-2-3-9-28-18)22(30-14)23(32)31-13-15-10-19(31)20(11-15)33-21-8-6-16(12-29-21)24(25,26)27/h2-9,12,15,18-20,28H,10-11,13H2,1H3. The van der Waals surface area contributed by atoms with Gasteiger partial charge in [-0.15, -0.1) is 0 Å². The van der Waals surface area contributed by atoms with Crippen LogP contribution in [0.15, 0.2) is 54.9 Å². The molecule has 33 heavy (non-hydrogen) atoms. The number of aryl methyl sites for hydroxylation is 1. The topological polar surface area (TPSA) is 67.4 Å². The smallest absolute Gasteiger partial charge is 0.417 e. The average Bonchev–Trinajstić information content (AvgIpc) is 3.39. The van der Waals surface area contributed by atoms with Gasteiger partial charge in [-0.3, -0.25) is 4.79 Å². The Labute approximate surface area is 189 Å². The van der Waals surface area contributed by atoms with Gasteiger partial charge in [-0.1, -0.05) is 18.2 Å². The van der Waals surface area contributed by atoms with Gasteiger partial charge in [0.1, 0.15) is 11.8 Å². The lowest BCUT2D eigenvalue weighted by Crippen LogP contribution is -2.47. The number of halogens is 3. The summed E-state index contributed by atoms with van der Waals surface area (Å²) in [7, 11) is 0. The van der Waals surface area contributed by atoms with Gasteiger partial charge in [-0.25, -0.2) is 9.97 Å². The molecular weight excluding hydrogens is 433 g/mol. The Morgan fingerprint density at radius 1 is 1.18 bits per heavy atom. The Bertz CT molecular complexity index is 1110. The second kappa shape index (κ2) is 8.20. The Morgan fingerprint density at radius 2 is 2.03 bits per heavy atom. The maximum atomic E-state index is 13.6. The number of piperidine rings is 1. The van der Waals surface area contributed by atoms with E-state index in [1.54, 1.807) is 4.90 Å². The van der Waals surface area contributed by atoms with Crippen molar-refractivity contribution in [2.75, 3.05) is 6.54 Å². The monoisotopic (exact) mass is 456 g/mol. The van der Waals surface area contributed by atoms with Crippen LogP contribution in [0.4, 0.5) is 13.2 Å². The lowest BCUT2D eigenvalue weighted by molar-refractivity contribution is -0.137. The third-order valence-electron chi connectivity index (χ3n) is 6.41. The minimum atomic E-state index is -4.45. The molecule has 1 aliphatic carbocycles. The Hall–Kier alpha value is -3.36. The number of hydrogen-bond acceptors (Lipinski definition) is 5. The van der Waals surface area contributed by atoms with Crippen LogP contribution in [-0.4, -0.2) is 39.5 Å². The number of nitrogens with one attached hydrogen (secondary N) is 1. The summed E-state index contributed by atoms with van der Waals surface area (Å²) >= 11 is 0. The molecular formula is C24H23F3N4O2. The van der Waals surface area contributed by atoms with Crippen molar-refractivity contribution in [3.8, 4) is 5.88 Å². The van der Waals surface area contributed by atoms with E-state index >= 15 is 0 Å². The molecule has 172 valence electrons. The molecule has 0 spiro atoms. The molecule has 2 aliphatic heterocycles. The summed E-state index contributed by atoms with van der Waals surface area (Å²) in [5, 5.41) is 3.24. The number of pyridine rings is 2. The number of carbonyl (C=O) groups excluding carboxylic acids is 1. The molecule has 1 saturated heterocycles. The molecule has 5 rings (SSSR count). The van der Waals surface area contributed by atoms with Gasteiger partial charge in [-0.05, 0) is 50.1 Å². The van der Waals surface area contributed by atoms with Crippen LogP contribution in [-0.2, 0) is 6.18 Å². The summed E-state index contributed by atoms with van der Waals surface area (Å²) in [4.78, 5) is 23.8. The molecule has 6 nitrogen and oxygen atoms in total. The molecule has 9 heteroatoms. The van der Waals surface area contributed by atoms with Crippen molar-refractivity contribution in [1.29, 1.82) is 0 Å². The van der Waals surface area contributed by atoms with Gasteiger partial charge in [0, 0.05) is 30.1 Å². The summed E-state index contributed by atoms with van der Waals surface area (Å²) in [6.45, 7) is 2.47. The van der Waals surface area contributed by atoms with E-state index in [0.29, 0.717) is 12.2 Å². The molecule has 1 amide bonds. The summed E-state index contributed by atoms with van der Waals surface area (Å²) in [6, 6.07) is 5.68. The molecule has 4 atom stereocenters. The highest BCUT2D eigenvalue weighted by molar-refractivity contribution is 5.94. The molecule has 2 bridgehead atoms. The molecule has 0 radical (unpaired) electrons. The highest BCUT2D eigenvalue weighted by Gasteiger charge is 2.49. The van der Waals surface area contributed by atoms with Crippen molar-refractivity contribution in [2.45, 2.75) is 44.1 Å². The Balaban J connectivity index is 1.35. The van der Waals surface area contributed by atoms with Crippen LogP contribution in [0.1, 0.15) is 46.2 Å². The lowest BCUT2D eigenvalue weighted by atomic mass is 10.0. The minimum Gasteiger partial charge on any atom is -0.472 e. The van der Waals surface area contributed by atoms with E-state index in [2.05, 4.69) is 15.3 Å². The van der Waals surface area contributed by atoms with Gasteiger partial charge in [0.2, 0.25) is 5.88 Å². The number of amides is 1. The van der Waals surface area contributed by atoms with E-state index in [9.17, 15) is 18.0 Å². The fourth-order valence-electron chi connectivity index (χ4n) is 4.86. The van der Waals surface area contributed by atoms with Crippen molar-refractivity contribution in [1.82, 2.24) is 20.2 Å². The SMILES string of the molecule is Cc1ccc(C2C=CC=CN2)c(C(=O)N2CC3CC(Oc4ccc(C(F)(F)F)cn4)C2C3)n1. The van der Waals surface area contributed by atoms with Crippen molar-refractivity contribution < 1.29 is 22.7 Å². The van der Waals surface area contributed by atoms with E-state index in [1.807, 2.05) is 43.5 Å². The van der Waals surface area contributed by atoms with E-state index in [0.717, 1.165) is 36.4 Å². The summed E-state index contributed by atoms with van der Waals surface area (Å²) < 4.78 is 44.3. The number of hydrogen-bond donors (Lipinski definition) is 1.